The number of allylic oxidation sites excluding steroid dienone is 1. The molecule has 6 heteroatoms. The molecular formula is C13H21BrFNO3. The molecule has 0 spiro atoms. The van der Waals surface area contributed by atoms with E-state index in [2.05, 4.69) is 15.9 Å². The van der Waals surface area contributed by atoms with E-state index >= 15 is 0 Å². The van der Waals surface area contributed by atoms with E-state index in [1.54, 1.807) is 34.6 Å². The first-order chi connectivity index (χ1) is 8.57. The highest BCUT2D eigenvalue weighted by Gasteiger charge is 2.45. The lowest BCUT2D eigenvalue weighted by Crippen LogP contribution is -2.49. The van der Waals surface area contributed by atoms with Gasteiger partial charge in [0.2, 0.25) is 0 Å². The van der Waals surface area contributed by atoms with Crippen LogP contribution in [-0.2, 0) is 9.47 Å². The predicted molar refractivity (Wildman–Crippen MR) is 74.9 cm³/mol. The maximum Gasteiger partial charge on any atom is 0.413 e. The fraction of sp³-hybridized carbons (Fsp3) is 0.769. The van der Waals surface area contributed by atoms with Crippen LogP contribution in [0.25, 0.3) is 0 Å². The first kappa shape index (κ1) is 16.4. The Morgan fingerprint density at radius 3 is 2.63 bits per heavy atom. The first-order valence-electron chi connectivity index (χ1n) is 6.15. The largest absolute Gasteiger partial charge is 0.444 e. The van der Waals surface area contributed by atoms with Crippen molar-refractivity contribution in [3.8, 4) is 0 Å². The summed E-state index contributed by atoms with van der Waals surface area (Å²) in [7, 11) is 0. The normalized spacial score (nSPS) is 23.6. The monoisotopic (exact) mass is 337 g/mol. The summed E-state index contributed by atoms with van der Waals surface area (Å²) in [6.07, 6.45) is 0.881. The molecule has 1 rings (SSSR count). The highest BCUT2D eigenvalue weighted by molar-refractivity contribution is 9.09. The number of amides is 1. The zero-order chi connectivity index (χ0) is 14.8. The summed E-state index contributed by atoms with van der Waals surface area (Å²) >= 11 is 3.04. The fourth-order valence-electron chi connectivity index (χ4n) is 1.88. The Hall–Kier alpha value is -0.620. The molecule has 0 bridgehead atoms. The number of hydrogen-bond donors (Lipinski definition) is 0. The fourth-order valence-corrected chi connectivity index (χ4v) is 2.06. The van der Waals surface area contributed by atoms with Gasteiger partial charge < -0.3 is 9.47 Å². The summed E-state index contributed by atoms with van der Waals surface area (Å²) in [5, 5.41) is 0.117. The highest BCUT2D eigenvalue weighted by Crippen LogP contribution is 2.30. The molecule has 1 fully saturated rings. The van der Waals surface area contributed by atoms with Gasteiger partial charge in [0, 0.05) is 0 Å². The van der Waals surface area contributed by atoms with Crippen molar-refractivity contribution in [2.45, 2.75) is 52.0 Å². The van der Waals surface area contributed by atoms with Crippen LogP contribution in [-0.4, -0.2) is 40.3 Å². The van der Waals surface area contributed by atoms with Gasteiger partial charge in [-0.25, -0.2) is 9.18 Å². The van der Waals surface area contributed by atoms with Gasteiger partial charge in [0.05, 0.1) is 18.0 Å². The van der Waals surface area contributed by atoms with Crippen molar-refractivity contribution in [2.75, 3.05) is 11.9 Å². The van der Waals surface area contributed by atoms with Crippen molar-refractivity contribution in [3.05, 3.63) is 11.9 Å². The zero-order valence-corrected chi connectivity index (χ0v) is 13.6. The number of ether oxygens (including phenoxy) is 2. The van der Waals surface area contributed by atoms with Gasteiger partial charge in [-0.15, -0.1) is 0 Å². The molecule has 0 unspecified atom stereocenters. The summed E-state index contributed by atoms with van der Waals surface area (Å²) in [6.45, 7) is 9.15. The third kappa shape index (κ3) is 4.45. The smallest absolute Gasteiger partial charge is 0.413 e. The van der Waals surface area contributed by atoms with Crippen LogP contribution in [0.1, 0.15) is 34.6 Å². The molecule has 0 radical (unpaired) electrons. The number of carbonyl (C=O) groups excluding carboxylic acids is 1. The minimum Gasteiger partial charge on any atom is -0.444 e. The van der Waals surface area contributed by atoms with Gasteiger partial charge >= 0.3 is 6.09 Å². The van der Waals surface area contributed by atoms with Crippen LogP contribution >= 0.6 is 15.9 Å². The van der Waals surface area contributed by atoms with Gasteiger partial charge in [0.15, 0.2) is 0 Å². The second-order valence-electron chi connectivity index (χ2n) is 5.92. The van der Waals surface area contributed by atoms with Crippen LogP contribution < -0.4 is 0 Å². The van der Waals surface area contributed by atoms with E-state index < -0.39 is 23.5 Å². The van der Waals surface area contributed by atoms with Crippen LogP contribution in [0.5, 0.6) is 0 Å². The molecule has 0 aromatic rings. The Balaban J connectivity index is 2.93. The molecule has 1 aliphatic heterocycles. The average molecular weight is 338 g/mol. The van der Waals surface area contributed by atoms with Crippen LogP contribution in [0.4, 0.5) is 9.18 Å². The van der Waals surface area contributed by atoms with E-state index in [-0.39, 0.29) is 17.8 Å². The van der Waals surface area contributed by atoms with Crippen LogP contribution in [0.3, 0.4) is 0 Å². The van der Waals surface area contributed by atoms with Gasteiger partial charge in [-0.1, -0.05) is 15.9 Å². The summed E-state index contributed by atoms with van der Waals surface area (Å²) in [6, 6.07) is -0.456. The number of nitrogens with zero attached hydrogens (tertiary/aromatic N) is 1. The summed E-state index contributed by atoms with van der Waals surface area (Å²) in [5.41, 5.74) is -1.41. The molecule has 110 valence electrons. The molecule has 1 saturated heterocycles. The van der Waals surface area contributed by atoms with E-state index in [1.165, 1.54) is 11.0 Å². The lowest BCUT2D eigenvalue weighted by Gasteiger charge is -2.34. The summed E-state index contributed by atoms with van der Waals surface area (Å²) < 4.78 is 24.3. The number of carbonyl (C=O) groups is 1. The average Bonchev–Trinajstić information content (AvgIpc) is 2.51. The molecule has 0 saturated carbocycles. The van der Waals surface area contributed by atoms with E-state index in [4.69, 9.17) is 9.47 Å². The molecule has 1 aliphatic rings. The minimum atomic E-state index is -0.809. The Morgan fingerprint density at radius 2 is 2.16 bits per heavy atom. The molecule has 19 heavy (non-hydrogen) atoms. The molecular weight excluding hydrogens is 317 g/mol. The van der Waals surface area contributed by atoms with Crippen molar-refractivity contribution >= 4 is 22.0 Å². The van der Waals surface area contributed by atoms with Crippen LogP contribution in [0.2, 0.25) is 0 Å². The Morgan fingerprint density at radius 1 is 1.58 bits per heavy atom. The van der Waals surface area contributed by atoms with E-state index in [1.807, 2.05) is 0 Å². The molecule has 0 aromatic heterocycles. The van der Waals surface area contributed by atoms with E-state index in [0.29, 0.717) is 0 Å². The van der Waals surface area contributed by atoms with E-state index in [9.17, 15) is 9.18 Å². The van der Waals surface area contributed by atoms with Gasteiger partial charge in [-0.05, 0) is 40.7 Å². The lowest BCUT2D eigenvalue weighted by atomic mass is 10.2. The standard InChI is InChI=1S/C13H21BrFNO3/c1-12(2,3)19-11(17)16-10(6-9(15)7-14)8-18-13(16,4)5/h6,10H,7-8H2,1-5H3/b9-6-/t10-/m1/s1. The zero-order valence-electron chi connectivity index (χ0n) is 12.0. The Bertz CT molecular complexity index is 377. The number of rotatable bonds is 2. The summed E-state index contributed by atoms with van der Waals surface area (Å²) in [5.74, 6) is -0.333. The molecule has 0 aliphatic carbocycles. The maximum atomic E-state index is 13.4. The van der Waals surface area contributed by atoms with Crippen molar-refractivity contribution in [1.82, 2.24) is 4.90 Å². The van der Waals surface area contributed by atoms with Crippen LogP contribution in [0, 0.1) is 0 Å². The number of halogens is 2. The van der Waals surface area contributed by atoms with Crippen LogP contribution in [0.15, 0.2) is 11.9 Å². The SMILES string of the molecule is CC(C)(C)OC(=O)N1[C@H](/C=C(\F)CBr)COC1(C)C. The van der Waals surface area contributed by atoms with Crippen molar-refractivity contribution in [1.29, 1.82) is 0 Å². The minimum absolute atomic E-state index is 0.117. The van der Waals surface area contributed by atoms with Gasteiger partial charge in [-0.2, -0.15) is 0 Å². The first-order valence-corrected chi connectivity index (χ1v) is 7.27. The van der Waals surface area contributed by atoms with Crippen molar-refractivity contribution < 1.29 is 18.7 Å². The van der Waals surface area contributed by atoms with Gasteiger partial charge in [0.25, 0.3) is 0 Å². The third-order valence-electron chi connectivity index (χ3n) is 2.61. The topological polar surface area (TPSA) is 38.8 Å². The molecule has 0 N–H and O–H groups in total. The molecule has 4 nitrogen and oxygen atoms in total. The highest BCUT2D eigenvalue weighted by atomic mass is 79.9. The number of hydrogen-bond acceptors (Lipinski definition) is 3. The third-order valence-corrected chi connectivity index (χ3v) is 3.15. The predicted octanol–water partition coefficient (Wildman–Crippen LogP) is 3.61. The maximum absolute atomic E-state index is 13.4. The summed E-state index contributed by atoms with van der Waals surface area (Å²) in [4.78, 5) is 13.6. The van der Waals surface area contributed by atoms with Gasteiger partial charge in [0.1, 0.15) is 17.2 Å². The Labute approximate surface area is 122 Å². The molecule has 1 amide bonds. The molecule has 1 heterocycles. The van der Waals surface area contributed by atoms with E-state index in [0.717, 1.165) is 0 Å². The number of alkyl halides is 1. The Kier molecular flexibility index (Phi) is 5.01. The molecule has 1 atom stereocenters. The quantitative estimate of drug-likeness (QED) is 0.722. The molecule has 0 aromatic carbocycles. The van der Waals surface area contributed by atoms with Crippen molar-refractivity contribution in [2.24, 2.45) is 0 Å². The lowest BCUT2D eigenvalue weighted by molar-refractivity contribution is -0.0610. The second-order valence-corrected chi connectivity index (χ2v) is 6.48. The van der Waals surface area contributed by atoms with Gasteiger partial charge in [-0.3, -0.25) is 4.90 Å². The van der Waals surface area contributed by atoms with Crippen molar-refractivity contribution in [3.63, 3.8) is 0 Å². The second kappa shape index (κ2) is 5.79.